The maximum absolute atomic E-state index is 12.7. The number of rotatable bonds is 14. The van der Waals surface area contributed by atoms with Crippen LogP contribution in [0.3, 0.4) is 0 Å². The highest BCUT2D eigenvalue weighted by Crippen LogP contribution is 2.52. The van der Waals surface area contributed by atoms with Crippen LogP contribution in [-0.2, 0) is 31.3 Å². The smallest absolute Gasteiger partial charge is 0.353 e. The standard InChI is InChI=1S/C24H35N2O5SSi.C14H25NO2Si/c1-13-18-17(14(2)27)22(28)26(18)19(23(29)30)20(13)32-16(12-15-10-8-9-11-25-15)21(24(3,4)5)31-33(6)7;1-14(2,3)18(4,5)17-11-13(16)10-12-8-6-7-9-15-12/h8-11,13-14,16-18,21,27H,12H2,1-7H3,(H,29,30);6-9,13,16H,10-11H2,1-5H3/t13-,14-,16?,17-,18-,21?;/m1./s1. The predicted octanol–water partition coefficient (Wildman–Crippen LogP) is 6.57. The topological polar surface area (TPSA) is 142 Å². The first-order valence-corrected chi connectivity index (χ1v) is 24.0. The van der Waals surface area contributed by atoms with Crippen LogP contribution in [0.1, 0.15) is 66.8 Å². The molecule has 4 heterocycles. The molecule has 0 bridgehead atoms. The molecule has 3 unspecified atom stereocenters. The largest absolute Gasteiger partial charge is 0.477 e. The number of hydrogen-bond acceptors (Lipinski definition) is 9. The van der Waals surface area contributed by atoms with Gasteiger partial charge in [-0.1, -0.05) is 60.6 Å². The van der Waals surface area contributed by atoms with Gasteiger partial charge in [0.2, 0.25) is 14.9 Å². The van der Waals surface area contributed by atoms with Gasteiger partial charge in [0.25, 0.3) is 0 Å². The highest BCUT2D eigenvalue weighted by atomic mass is 32.2. The number of aliphatic hydroxyl groups excluding tert-OH is 2. The van der Waals surface area contributed by atoms with E-state index in [1.54, 1.807) is 19.3 Å². The van der Waals surface area contributed by atoms with Crippen molar-refractivity contribution in [2.75, 3.05) is 6.61 Å². The fourth-order valence-electron chi connectivity index (χ4n) is 6.18. The van der Waals surface area contributed by atoms with Crippen LogP contribution < -0.4 is 0 Å². The van der Waals surface area contributed by atoms with Crippen molar-refractivity contribution in [3.8, 4) is 0 Å². The fraction of sp³-hybridized carbons (Fsp3) is 0.632. The van der Waals surface area contributed by atoms with Crippen molar-refractivity contribution in [1.82, 2.24) is 14.9 Å². The summed E-state index contributed by atoms with van der Waals surface area (Å²) < 4.78 is 12.5. The zero-order valence-electron chi connectivity index (χ0n) is 32.5. The Labute approximate surface area is 312 Å². The summed E-state index contributed by atoms with van der Waals surface area (Å²) in [5, 5.41) is 30.3. The molecule has 2 aliphatic heterocycles. The molecule has 0 aromatic carbocycles. The van der Waals surface area contributed by atoms with E-state index in [0.717, 1.165) is 11.4 Å². The van der Waals surface area contributed by atoms with Gasteiger partial charge in [0.1, 0.15) is 5.70 Å². The number of β-lactam (4-membered cyclic amide) rings is 1. The lowest BCUT2D eigenvalue weighted by Crippen LogP contribution is -2.63. The van der Waals surface area contributed by atoms with Gasteiger partial charge in [0.15, 0.2) is 8.32 Å². The molecule has 7 atom stereocenters. The number of carbonyl (C=O) groups is 2. The van der Waals surface area contributed by atoms with Crippen LogP contribution >= 0.6 is 11.8 Å². The van der Waals surface area contributed by atoms with Gasteiger partial charge in [-0.15, -0.1) is 11.8 Å². The molecule has 0 spiro atoms. The number of aromatic nitrogens is 2. The predicted molar refractivity (Wildman–Crippen MR) is 208 cm³/mol. The molecule has 2 aromatic heterocycles. The summed E-state index contributed by atoms with van der Waals surface area (Å²) in [5.74, 6) is -2.17. The van der Waals surface area contributed by atoms with E-state index in [2.05, 4.69) is 77.7 Å². The Balaban J connectivity index is 0.000000330. The molecule has 1 saturated heterocycles. The Morgan fingerprint density at radius 1 is 1.00 bits per heavy atom. The second-order valence-corrected chi connectivity index (χ2v) is 24.7. The van der Waals surface area contributed by atoms with Crippen molar-refractivity contribution in [2.45, 2.75) is 129 Å². The number of thioether (sulfide) groups is 1. The first-order chi connectivity index (χ1) is 23.6. The lowest BCUT2D eigenvalue weighted by Gasteiger charge is -2.46. The van der Waals surface area contributed by atoms with E-state index >= 15 is 0 Å². The van der Waals surface area contributed by atoms with Gasteiger partial charge >= 0.3 is 5.97 Å². The molecule has 0 aliphatic carbocycles. The van der Waals surface area contributed by atoms with E-state index in [9.17, 15) is 24.9 Å². The van der Waals surface area contributed by atoms with Crippen LogP contribution in [0.25, 0.3) is 0 Å². The molecule has 1 radical (unpaired) electrons. The number of carboxylic acids is 1. The van der Waals surface area contributed by atoms with E-state index < -0.39 is 41.5 Å². The number of amides is 1. The molecule has 283 valence electrons. The quantitative estimate of drug-likeness (QED) is 0.143. The van der Waals surface area contributed by atoms with Gasteiger partial charge in [0, 0.05) is 52.7 Å². The summed E-state index contributed by atoms with van der Waals surface area (Å²) in [6.07, 6.45) is 3.24. The molecule has 3 N–H and O–H groups in total. The Hall–Kier alpha value is -2.40. The average Bonchev–Trinajstić information content (AvgIpc) is 3.26. The summed E-state index contributed by atoms with van der Waals surface area (Å²) in [5.41, 5.74) is 1.69. The number of fused-ring (bicyclic) bond motifs is 1. The number of aliphatic hydroxyl groups is 2. The Morgan fingerprint density at radius 3 is 1.98 bits per heavy atom. The minimum Gasteiger partial charge on any atom is -0.477 e. The average molecular weight is 759 g/mol. The van der Waals surface area contributed by atoms with Crippen LogP contribution in [0.15, 0.2) is 59.4 Å². The van der Waals surface area contributed by atoms with Gasteiger partial charge in [-0.3, -0.25) is 14.8 Å². The maximum Gasteiger partial charge on any atom is 0.353 e. The zero-order chi connectivity index (χ0) is 38.5. The van der Waals surface area contributed by atoms with Crippen molar-refractivity contribution in [3.05, 3.63) is 70.8 Å². The van der Waals surface area contributed by atoms with E-state index in [1.165, 1.54) is 16.7 Å². The van der Waals surface area contributed by atoms with Crippen LogP contribution in [0.4, 0.5) is 0 Å². The number of carboxylic acid groups (broad SMARTS) is 1. The van der Waals surface area contributed by atoms with Gasteiger partial charge in [-0.25, -0.2) is 4.79 Å². The van der Waals surface area contributed by atoms with E-state index in [4.69, 9.17) is 8.85 Å². The fourth-order valence-corrected chi connectivity index (χ4v) is 10.2. The molecule has 13 heteroatoms. The number of pyridine rings is 2. The minimum absolute atomic E-state index is 0.0524. The van der Waals surface area contributed by atoms with Crippen molar-refractivity contribution < 1.29 is 33.8 Å². The van der Waals surface area contributed by atoms with E-state index in [1.807, 2.05) is 43.3 Å². The zero-order valence-corrected chi connectivity index (χ0v) is 35.3. The number of hydrogen-bond donors (Lipinski definition) is 3. The monoisotopic (exact) mass is 758 g/mol. The molecule has 2 aliphatic rings. The lowest BCUT2D eigenvalue weighted by atomic mass is 9.79. The Kier molecular flexibility index (Phi) is 14.9. The normalized spacial score (nSPS) is 21.7. The second-order valence-electron chi connectivity index (χ2n) is 16.5. The van der Waals surface area contributed by atoms with Crippen molar-refractivity contribution in [2.24, 2.45) is 17.3 Å². The summed E-state index contributed by atoms with van der Waals surface area (Å²) in [4.78, 5) is 35.8. The molecule has 1 amide bonds. The van der Waals surface area contributed by atoms with Gasteiger partial charge in [-0.05, 0) is 67.8 Å². The second kappa shape index (κ2) is 17.6. The first kappa shape index (κ1) is 43.0. The Bertz CT molecular complexity index is 1480. The van der Waals surface area contributed by atoms with Crippen LogP contribution in [-0.4, -0.2) is 95.6 Å². The maximum atomic E-state index is 12.7. The summed E-state index contributed by atoms with van der Waals surface area (Å²) >= 11 is 1.51. The minimum atomic E-state index is -1.77. The SMILES string of the molecule is CC(C)(C)[Si](C)(C)OCC(O)Cc1ccccn1.C[C@@H](O)[C@H]1C(=O)N2C(C(=O)O)=C(SC(Cc3ccccn3)C(O[Si](C)C)C(C)(C)C)[C@H](C)[C@H]12. The van der Waals surface area contributed by atoms with E-state index in [0.29, 0.717) is 24.4 Å². The third-order valence-electron chi connectivity index (χ3n) is 9.89. The third-order valence-corrected chi connectivity index (χ3v) is 16.7. The summed E-state index contributed by atoms with van der Waals surface area (Å²) in [6, 6.07) is 11.2. The molecule has 51 heavy (non-hydrogen) atoms. The molecule has 2 aromatic rings. The Morgan fingerprint density at radius 2 is 1.55 bits per heavy atom. The van der Waals surface area contributed by atoms with Crippen molar-refractivity contribution in [1.29, 1.82) is 0 Å². The van der Waals surface area contributed by atoms with Crippen molar-refractivity contribution in [3.63, 3.8) is 0 Å². The number of nitrogens with zero attached hydrogens (tertiary/aromatic N) is 3. The highest BCUT2D eigenvalue weighted by Gasteiger charge is 2.60. The molecule has 10 nitrogen and oxygen atoms in total. The lowest BCUT2D eigenvalue weighted by molar-refractivity contribution is -0.163. The van der Waals surface area contributed by atoms with E-state index in [-0.39, 0.29) is 45.4 Å². The summed E-state index contributed by atoms with van der Waals surface area (Å²) in [6.45, 7) is 25.5. The highest BCUT2D eigenvalue weighted by molar-refractivity contribution is 8.03. The molecular formula is C38H60N3O7SSi2. The van der Waals surface area contributed by atoms with Crippen LogP contribution in [0.5, 0.6) is 0 Å². The third kappa shape index (κ3) is 11.1. The van der Waals surface area contributed by atoms with Crippen LogP contribution in [0.2, 0.25) is 31.2 Å². The van der Waals surface area contributed by atoms with Gasteiger partial charge in [0.05, 0.1) is 36.9 Å². The van der Waals surface area contributed by atoms with Crippen molar-refractivity contribution >= 4 is 41.0 Å². The van der Waals surface area contributed by atoms with Gasteiger partial charge < -0.3 is 29.1 Å². The molecule has 1 fully saturated rings. The van der Waals surface area contributed by atoms with Crippen LogP contribution in [0, 0.1) is 17.3 Å². The van der Waals surface area contributed by atoms with Gasteiger partial charge in [-0.2, -0.15) is 0 Å². The summed E-state index contributed by atoms with van der Waals surface area (Å²) in [7, 11) is -2.79. The first-order valence-electron chi connectivity index (χ1n) is 17.8. The molecule has 0 saturated carbocycles. The number of aliphatic carboxylic acids is 1. The molecular weight excluding hydrogens is 699 g/mol. The number of carbonyl (C=O) groups excluding carboxylic acids is 1. The molecule has 4 rings (SSSR count).